The molecule has 0 bridgehead atoms. The van der Waals surface area contributed by atoms with Gasteiger partial charge in [-0.3, -0.25) is 0 Å². The summed E-state index contributed by atoms with van der Waals surface area (Å²) in [5, 5.41) is 8.90. The minimum Gasteiger partial charge on any atom is -0.494 e. The molecule has 0 aliphatic carbocycles. The highest BCUT2D eigenvalue weighted by Crippen LogP contribution is 2.25. The van der Waals surface area contributed by atoms with Gasteiger partial charge < -0.3 is 9.84 Å². The van der Waals surface area contributed by atoms with Crippen LogP contribution in [0, 0.1) is 5.82 Å². The van der Waals surface area contributed by atoms with Crippen LogP contribution in [0.15, 0.2) is 36.5 Å². The van der Waals surface area contributed by atoms with Crippen molar-refractivity contribution in [2.45, 2.75) is 0 Å². The van der Waals surface area contributed by atoms with Crippen LogP contribution in [-0.2, 0) is 0 Å². The predicted molar refractivity (Wildman–Crippen MR) is 63.1 cm³/mol. The Kier molecular flexibility index (Phi) is 3.23. The molecule has 0 spiro atoms. The summed E-state index contributed by atoms with van der Waals surface area (Å²) in [6.45, 7) is 0. The number of hydrogen-bond donors (Lipinski definition) is 1. The van der Waals surface area contributed by atoms with Crippen molar-refractivity contribution in [1.29, 1.82) is 0 Å². The molecule has 0 aliphatic heterocycles. The fourth-order valence-electron chi connectivity index (χ4n) is 1.59. The highest BCUT2D eigenvalue weighted by molar-refractivity contribution is 5.89. The lowest BCUT2D eigenvalue weighted by atomic mass is 10.1. The van der Waals surface area contributed by atoms with E-state index in [2.05, 4.69) is 4.98 Å². The average molecular weight is 247 g/mol. The summed E-state index contributed by atoms with van der Waals surface area (Å²) in [6, 6.07) is 7.48. The molecule has 1 aromatic carbocycles. The van der Waals surface area contributed by atoms with Gasteiger partial charge in [0, 0.05) is 11.8 Å². The smallest absolute Gasteiger partial charge is 0.358 e. The zero-order valence-electron chi connectivity index (χ0n) is 9.55. The number of carboxylic acid groups (broad SMARTS) is 1. The average Bonchev–Trinajstić information content (AvgIpc) is 2.37. The van der Waals surface area contributed by atoms with Crippen LogP contribution >= 0.6 is 0 Å². The number of carboxylic acids is 1. The Hall–Kier alpha value is -2.43. The summed E-state index contributed by atoms with van der Waals surface area (Å²) in [4.78, 5) is 14.7. The molecule has 0 saturated carbocycles. The first-order valence-corrected chi connectivity index (χ1v) is 5.15. The van der Waals surface area contributed by atoms with Crippen LogP contribution in [0.2, 0.25) is 0 Å². The van der Waals surface area contributed by atoms with E-state index < -0.39 is 5.97 Å². The Morgan fingerprint density at radius 2 is 2.11 bits per heavy atom. The molecular weight excluding hydrogens is 237 g/mol. The number of halogens is 1. The lowest BCUT2D eigenvalue weighted by Gasteiger charge is -2.07. The second-order valence-corrected chi connectivity index (χ2v) is 3.59. The SMILES string of the molecule is COc1cc(-c2cccc(F)c2)cnc1C(=O)O. The monoisotopic (exact) mass is 247 g/mol. The summed E-state index contributed by atoms with van der Waals surface area (Å²) in [5.74, 6) is -1.39. The van der Waals surface area contributed by atoms with Crippen LogP contribution in [0.5, 0.6) is 5.75 Å². The molecule has 1 heterocycles. The predicted octanol–water partition coefficient (Wildman–Crippen LogP) is 2.59. The lowest BCUT2D eigenvalue weighted by molar-refractivity contribution is 0.0686. The Balaban J connectivity index is 2.51. The van der Waals surface area contributed by atoms with Crippen molar-refractivity contribution >= 4 is 5.97 Å². The molecule has 0 saturated heterocycles. The van der Waals surface area contributed by atoms with Crippen molar-refractivity contribution in [3.63, 3.8) is 0 Å². The second kappa shape index (κ2) is 4.83. The number of hydrogen-bond acceptors (Lipinski definition) is 3. The number of aromatic carboxylic acids is 1. The van der Waals surface area contributed by atoms with Gasteiger partial charge in [-0.2, -0.15) is 0 Å². The Morgan fingerprint density at radius 1 is 1.33 bits per heavy atom. The first kappa shape index (κ1) is 12.0. The van der Waals surface area contributed by atoms with E-state index in [0.29, 0.717) is 11.1 Å². The van der Waals surface area contributed by atoms with E-state index in [-0.39, 0.29) is 17.3 Å². The van der Waals surface area contributed by atoms with E-state index in [4.69, 9.17) is 9.84 Å². The molecule has 0 atom stereocenters. The highest BCUT2D eigenvalue weighted by Gasteiger charge is 2.13. The number of pyridine rings is 1. The van der Waals surface area contributed by atoms with E-state index in [9.17, 15) is 9.18 Å². The van der Waals surface area contributed by atoms with Crippen molar-refractivity contribution < 1.29 is 19.0 Å². The summed E-state index contributed by atoms with van der Waals surface area (Å²) in [6.07, 6.45) is 1.38. The van der Waals surface area contributed by atoms with Crippen LogP contribution < -0.4 is 4.74 Å². The molecule has 0 radical (unpaired) electrons. The Morgan fingerprint density at radius 3 is 2.72 bits per heavy atom. The van der Waals surface area contributed by atoms with Gasteiger partial charge in [0.15, 0.2) is 11.4 Å². The van der Waals surface area contributed by atoms with Crippen molar-refractivity contribution in [3.8, 4) is 16.9 Å². The number of nitrogens with zero attached hydrogens (tertiary/aromatic N) is 1. The zero-order valence-corrected chi connectivity index (χ0v) is 9.55. The fourth-order valence-corrected chi connectivity index (χ4v) is 1.59. The molecule has 2 aromatic rings. The third-order valence-electron chi connectivity index (χ3n) is 2.43. The number of methoxy groups -OCH3 is 1. The van der Waals surface area contributed by atoms with Crippen molar-refractivity contribution in [1.82, 2.24) is 4.98 Å². The third kappa shape index (κ3) is 2.29. The summed E-state index contributed by atoms with van der Waals surface area (Å²) in [7, 11) is 1.36. The van der Waals surface area contributed by atoms with E-state index in [1.165, 1.54) is 31.5 Å². The lowest BCUT2D eigenvalue weighted by Crippen LogP contribution is -2.03. The van der Waals surface area contributed by atoms with Crippen LogP contribution in [0.4, 0.5) is 4.39 Å². The van der Waals surface area contributed by atoms with Gasteiger partial charge in [0.25, 0.3) is 0 Å². The van der Waals surface area contributed by atoms with Crippen LogP contribution in [0.1, 0.15) is 10.5 Å². The molecule has 0 fully saturated rings. The molecule has 1 aromatic heterocycles. The van der Waals surface area contributed by atoms with Gasteiger partial charge in [-0.1, -0.05) is 12.1 Å². The number of benzene rings is 1. The third-order valence-corrected chi connectivity index (χ3v) is 2.43. The number of ether oxygens (including phenoxy) is 1. The van der Waals surface area contributed by atoms with Crippen LogP contribution in [0.3, 0.4) is 0 Å². The summed E-state index contributed by atoms with van der Waals surface area (Å²) in [5.41, 5.74) is 1.03. The molecule has 2 rings (SSSR count). The molecule has 0 amide bonds. The summed E-state index contributed by atoms with van der Waals surface area (Å²) >= 11 is 0. The molecule has 18 heavy (non-hydrogen) atoms. The number of carbonyl (C=O) groups is 1. The van der Waals surface area contributed by atoms with Crippen molar-refractivity contribution in [3.05, 3.63) is 48.0 Å². The van der Waals surface area contributed by atoms with Gasteiger partial charge in [-0.25, -0.2) is 14.2 Å². The van der Waals surface area contributed by atoms with Gasteiger partial charge in [0.2, 0.25) is 0 Å². The molecule has 0 unspecified atom stereocenters. The minimum absolute atomic E-state index is 0.143. The van der Waals surface area contributed by atoms with Gasteiger partial charge in [-0.05, 0) is 23.8 Å². The largest absolute Gasteiger partial charge is 0.494 e. The number of aromatic nitrogens is 1. The van der Waals surface area contributed by atoms with Gasteiger partial charge in [0.05, 0.1) is 7.11 Å². The van der Waals surface area contributed by atoms with E-state index >= 15 is 0 Å². The first-order chi connectivity index (χ1) is 8.61. The minimum atomic E-state index is -1.17. The maximum Gasteiger partial charge on any atom is 0.358 e. The fraction of sp³-hybridized carbons (Fsp3) is 0.0769. The number of rotatable bonds is 3. The zero-order chi connectivity index (χ0) is 13.1. The van der Waals surface area contributed by atoms with Gasteiger partial charge >= 0.3 is 5.97 Å². The normalized spacial score (nSPS) is 10.1. The van der Waals surface area contributed by atoms with Gasteiger partial charge in [0.1, 0.15) is 5.82 Å². The molecule has 1 N–H and O–H groups in total. The summed E-state index contributed by atoms with van der Waals surface area (Å²) < 4.78 is 18.1. The molecule has 0 aliphatic rings. The standard InChI is InChI=1S/C13H10FNO3/c1-18-11-6-9(7-15-12(11)13(16)17)8-3-2-4-10(14)5-8/h2-7H,1H3,(H,16,17). The van der Waals surface area contributed by atoms with Crippen LogP contribution in [0.25, 0.3) is 11.1 Å². The van der Waals surface area contributed by atoms with E-state index in [0.717, 1.165) is 0 Å². The second-order valence-electron chi connectivity index (χ2n) is 3.59. The Bertz CT molecular complexity index is 599. The van der Waals surface area contributed by atoms with Gasteiger partial charge in [-0.15, -0.1) is 0 Å². The maximum atomic E-state index is 13.1. The maximum absolute atomic E-state index is 13.1. The van der Waals surface area contributed by atoms with E-state index in [1.54, 1.807) is 12.1 Å². The Labute approximate surface area is 103 Å². The first-order valence-electron chi connectivity index (χ1n) is 5.15. The highest BCUT2D eigenvalue weighted by atomic mass is 19.1. The molecular formula is C13H10FNO3. The topological polar surface area (TPSA) is 59.4 Å². The van der Waals surface area contributed by atoms with Crippen LogP contribution in [-0.4, -0.2) is 23.2 Å². The quantitative estimate of drug-likeness (QED) is 0.905. The van der Waals surface area contributed by atoms with Crippen molar-refractivity contribution in [2.75, 3.05) is 7.11 Å². The van der Waals surface area contributed by atoms with E-state index in [1.807, 2.05) is 0 Å². The molecule has 4 nitrogen and oxygen atoms in total. The molecule has 92 valence electrons. The molecule has 5 heteroatoms. The van der Waals surface area contributed by atoms with Crippen molar-refractivity contribution in [2.24, 2.45) is 0 Å².